The van der Waals surface area contributed by atoms with Gasteiger partial charge in [-0.15, -0.1) is 0 Å². The third-order valence-electron chi connectivity index (χ3n) is 6.69. The molecule has 4 heterocycles. The summed E-state index contributed by atoms with van der Waals surface area (Å²) in [6.07, 6.45) is 5.59. The second kappa shape index (κ2) is 10.7. The number of hydrogen-bond donors (Lipinski definition) is 2. The van der Waals surface area contributed by atoms with E-state index in [-0.39, 0.29) is 28.6 Å². The molecule has 39 heavy (non-hydrogen) atoms. The summed E-state index contributed by atoms with van der Waals surface area (Å²) >= 11 is 0. The van der Waals surface area contributed by atoms with Crippen LogP contribution in [0.2, 0.25) is 0 Å². The zero-order chi connectivity index (χ0) is 27.7. The summed E-state index contributed by atoms with van der Waals surface area (Å²) in [5, 5.41) is 13.3. The Balaban J connectivity index is 1.57. The third kappa shape index (κ3) is 5.23. The SMILES string of the molecule is CCCn1c(=O)c(NCc2ccc(S(=O)(=O)CC)cn2)nc2c(CO)nc(-c3c(C)ncnc3C3CC3)nc21. The van der Waals surface area contributed by atoms with Crippen molar-refractivity contribution in [1.82, 2.24) is 34.5 Å². The summed E-state index contributed by atoms with van der Waals surface area (Å²) in [7, 11) is -3.36. The minimum atomic E-state index is -3.36. The number of anilines is 1. The molecule has 0 saturated heterocycles. The third-order valence-corrected chi connectivity index (χ3v) is 8.41. The summed E-state index contributed by atoms with van der Waals surface area (Å²) in [6, 6.07) is 3.09. The van der Waals surface area contributed by atoms with Crippen LogP contribution in [0.1, 0.15) is 61.8 Å². The van der Waals surface area contributed by atoms with Crippen molar-refractivity contribution in [2.45, 2.75) is 70.5 Å². The Morgan fingerprint density at radius 3 is 2.54 bits per heavy atom. The molecule has 0 bridgehead atoms. The maximum Gasteiger partial charge on any atom is 0.294 e. The van der Waals surface area contributed by atoms with Gasteiger partial charge >= 0.3 is 0 Å². The van der Waals surface area contributed by atoms with E-state index in [0.717, 1.165) is 29.8 Å². The van der Waals surface area contributed by atoms with E-state index < -0.39 is 16.4 Å². The largest absolute Gasteiger partial charge is 0.390 e. The van der Waals surface area contributed by atoms with Gasteiger partial charge in [-0.1, -0.05) is 13.8 Å². The number of sulfone groups is 1. The Morgan fingerprint density at radius 2 is 1.90 bits per heavy atom. The van der Waals surface area contributed by atoms with Crippen LogP contribution in [0.4, 0.5) is 5.82 Å². The first-order valence-corrected chi connectivity index (χ1v) is 14.6. The molecule has 4 aromatic heterocycles. The molecule has 1 fully saturated rings. The van der Waals surface area contributed by atoms with Gasteiger partial charge in [0.1, 0.15) is 11.8 Å². The standard InChI is InChI=1S/C26H30N8O4S/c1-4-10-34-25-22(19(13-35)31-23(33-25)20-15(3)29-14-30-21(20)16-6-7-16)32-24(26(34)36)28-11-17-8-9-18(12-27-17)39(37,38)5-2/h8-9,12,14,16,35H,4-7,10-11,13H2,1-3H3,(H,28,32). The topological polar surface area (TPSA) is 166 Å². The molecule has 1 aliphatic rings. The highest BCUT2D eigenvalue weighted by atomic mass is 32.2. The number of aromatic nitrogens is 7. The molecule has 12 nitrogen and oxygen atoms in total. The van der Waals surface area contributed by atoms with E-state index in [4.69, 9.17) is 4.98 Å². The highest BCUT2D eigenvalue weighted by Crippen LogP contribution is 2.43. The van der Waals surface area contributed by atoms with Gasteiger partial charge in [-0.3, -0.25) is 14.3 Å². The maximum atomic E-state index is 13.5. The second-order valence-electron chi connectivity index (χ2n) is 9.48. The van der Waals surface area contributed by atoms with Crippen LogP contribution in [0.25, 0.3) is 22.6 Å². The van der Waals surface area contributed by atoms with Crippen molar-refractivity contribution in [3.63, 3.8) is 0 Å². The fraction of sp³-hybridized carbons (Fsp3) is 0.423. The van der Waals surface area contributed by atoms with Crippen molar-refractivity contribution in [3.8, 4) is 11.4 Å². The highest BCUT2D eigenvalue weighted by molar-refractivity contribution is 7.91. The fourth-order valence-corrected chi connectivity index (χ4v) is 5.24. The lowest BCUT2D eigenvalue weighted by Crippen LogP contribution is -2.27. The molecule has 204 valence electrons. The van der Waals surface area contributed by atoms with Gasteiger partial charge in [0.05, 0.1) is 52.1 Å². The Hall–Kier alpha value is -3.84. The normalized spacial score (nSPS) is 13.6. The highest BCUT2D eigenvalue weighted by Gasteiger charge is 2.30. The Kier molecular flexibility index (Phi) is 7.36. The summed E-state index contributed by atoms with van der Waals surface area (Å²) in [6.45, 7) is 5.53. The lowest BCUT2D eigenvalue weighted by atomic mass is 10.1. The number of aliphatic hydroxyl groups excluding tert-OH is 1. The first kappa shape index (κ1) is 26.8. The molecule has 4 aromatic rings. The summed E-state index contributed by atoms with van der Waals surface area (Å²) in [5.41, 5.74) is 3.45. The molecule has 0 radical (unpaired) electrons. The van der Waals surface area contributed by atoms with Gasteiger partial charge in [0, 0.05) is 18.7 Å². The van der Waals surface area contributed by atoms with E-state index in [2.05, 4.69) is 30.2 Å². The lowest BCUT2D eigenvalue weighted by Gasteiger charge is -2.16. The van der Waals surface area contributed by atoms with Gasteiger partial charge in [-0.25, -0.2) is 33.3 Å². The van der Waals surface area contributed by atoms with Crippen LogP contribution in [0.15, 0.2) is 34.3 Å². The number of hydrogen-bond acceptors (Lipinski definition) is 11. The van der Waals surface area contributed by atoms with Crippen LogP contribution in [-0.2, 0) is 29.5 Å². The average molecular weight is 551 g/mol. The minimum absolute atomic E-state index is 0.0139. The van der Waals surface area contributed by atoms with Gasteiger partial charge < -0.3 is 10.4 Å². The number of aryl methyl sites for hydroxylation is 2. The molecule has 5 rings (SSSR count). The van der Waals surface area contributed by atoms with Gasteiger partial charge in [-0.2, -0.15) is 0 Å². The number of fused-ring (bicyclic) bond motifs is 1. The Bertz CT molecular complexity index is 1700. The predicted octanol–water partition coefficient (Wildman–Crippen LogP) is 2.53. The van der Waals surface area contributed by atoms with Crippen molar-refractivity contribution in [2.75, 3.05) is 11.1 Å². The summed E-state index contributed by atoms with van der Waals surface area (Å²) in [5.74, 6) is 0.738. The quantitative estimate of drug-likeness (QED) is 0.298. The van der Waals surface area contributed by atoms with Gasteiger partial charge in [-0.05, 0) is 38.3 Å². The number of nitrogens with one attached hydrogen (secondary N) is 1. The van der Waals surface area contributed by atoms with E-state index in [1.165, 1.54) is 23.2 Å². The van der Waals surface area contributed by atoms with E-state index >= 15 is 0 Å². The fourth-order valence-electron chi connectivity index (χ4n) is 4.42. The van der Waals surface area contributed by atoms with E-state index in [1.54, 1.807) is 13.0 Å². The number of pyridine rings is 1. The van der Waals surface area contributed by atoms with E-state index in [1.807, 2.05) is 13.8 Å². The molecule has 0 atom stereocenters. The second-order valence-corrected chi connectivity index (χ2v) is 11.8. The summed E-state index contributed by atoms with van der Waals surface area (Å²) < 4.78 is 25.7. The lowest BCUT2D eigenvalue weighted by molar-refractivity contribution is 0.278. The van der Waals surface area contributed by atoms with Crippen molar-refractivity contribution in [1.29, 1.82) is 0 Å². The molecule has 1 aliphatic carbocycles. The van der Waals surface area contributed by atoms with Gasteiger partial charge in [0.15, 0.2) is 27.1 Å². The summed E-state index contributed by atoms with van der Waals surface area (Å²) in [4.78, 5) is 40.6. The van der Waals surface area contributed by atoms with E-state index in [0.29, 0.717) is 47.3 Å². The molecule has 2 N–H and O–H groups in total. The van der Waals surface area contributed by atoms with Crippen molar-refractivity contribution in [3.05, 3.63) is 57.8 Å². The number of nitrogens with zero attached hydrogens (tertiary/aromatic N) is 7. The average Bonchev–Trinajstić information content (AvgIpc) is 3.79. The zero-order valence-corrected chi connectivity index (χ0v) is 22.9. The molecule has 1 saturated carbocycles. The van der Waals surface area contributed by atoms with Crippen LogP contribution >= 0.6 is 0 Å². The predicted molar refractivity (Wildman–Crippen MR) is 145 cm³/mol. The molecule has 0 spiro atoms. The van der Waals surface area contributed by atoms with Crippen molar-refractivity contribution >= 4 is 26.8 Å². The zero-order valence-electron chi connectivity index (χ0n) is 22.0. The van der Waals surface area contributed by atoms with Crippen LogP contribution in [0.5, 0.6) is 0 Å². The molecular formula is C26H30N8O4S. The molecule has 0 amide bonds. The van der Waals surface area contributed by atoms with Crippen LogP contribution < -0.4 is 10.9 Å². The van der Waals surface area contributed by atoms with E-state index in [9.17, 15) is 18.3 Å². The first-order valence-electron chi connectivity index (χ1n) is 12.9. The Labute approximate surface area is 225 Å². The molecule has 0 aliphatic heterocycles. The van der Waals surface area contributed by atoms with Crippen LogP contribution in [0, 0.1) is 6.92 Å². The minimum Gasteiger partial charge on any atom is -0.390 e. The smallest absolute Gasteiger partial charge is 0.294 e. The maximum absolute atomic E-state index is 13.5. The Morgan fingerprint density at radius 1 is 1.10 bits per heavy atom. The first-order chi connectivity index (χ1) is 18.8. The number of rotatable bonds is 10. The number of aliphatic hydroxyl groups is 1. The van der Waals surface area contributed by atoms with Gasteiger partial charge in [0.2, 0.25) is 0 Å². The van der Waals surface area contributed by atoms with Gasteiger partial charge in [0.25, 0.3) is 5.56 Å². The monoisotopic (exact) mass is 550 g/mol. The molecule has 0 aromatic carbocycles. The van der Waals surface area contributed by atoms with Crippen LogP contribution in [0.3, 0.4) is 0 Å². The van der Waals surface area contributed by atoms with Crippen LogP contribution in [-0.4, -0.2) is 53.7 Å². The van der Waals surface area contributed by atoms with Crippen molar-refractivity contribution in [2.24, 2.45) is 0 Å². The van der Waals surface area contributed by atoms with Crippen molar-refractivity contribution < 1.29 is 13.5 Å². The molecular weight excluding hydrogens is 520 g/mol. The molecule has 13 heteroatoms. The molecule has 0 unspecified atom stereocenters.